The largest absolute Gasteiger partial charge is 0.397 e. The van der Waals surface area contributed by atoms with Crippen LogP contribution >= 0.6 is 0 Å². The van der Waals surface area contributed by atoms with E-state index in [0.29, 0.717) is 24.3 Å². The fourth-order valence-electron chi connectivity index (χ4n) is 4.14. The fourth-order valence-corrected chi connectivity index (χ4v) is 4.14. The molecule has 0 bridgehead atoms. The van der Waals surface area contributed by atoms with E-state index >= 15 is 0 Å². The first-order chi connectivity index (χ1) is 18.0. The van der Waals surface area contributed by atoms with Gasteiger partial charge >= 0.3 is 0 Å². The van der Waals surface area contributed by atoms with Crippen LogP contribution in [-0.4, -0.2) is 20.9 Å². The van der Waals surface area contributed by atoms with E-state index in [1.807, 2.05) is 36.5 Å². The van der Waals surface area contributed by atoms with Crippen LogP contribution in [0.5, 0.6) is 0 Å². The Morgan fingerprint density at radius 3 is 2.35 bits per heavy atom. The molecule has 0 aliphatic heterocycles. The third-order valence-electron chi connectivity index (χ3n) is 6.08. The number of aryl methyl sites for hydroxylation is 1. The highest BCUT2D eigenvalue weighted by atomic mass is 19.1. The Balaban J connectivity index is 1.18. The number of halogens is 1. The van der Waals surface area contributed by atoms with Gasteiger partial charge in [-0.1, -0.05) is 71.9 Å². The Hall–Kier alpha value is -4.78. The molecule has 7 heteroatoms. The van der Waals surface area contributed by atoms with Crippen molar-refractivity contribution in [1.82, 2.24) is 15.0 Å². The molecule has 0 saturated heterocycles. The number of nitrogens with zero attached hydrogens (tertiary/aromatic N) is 3. The number of carbonyl (C=O) groups is 1. The Morgan fingerprint density at radius 2 is 1.54 bits per heavy atom. The van der Waals surface area contributed by atoms with E-state index in [-0.39, 0.29) is 18.1 Å². The van der Waals surface area contributed by atoms with Gasteiger partial charge in [0.2, 0.25) is 5.91 Å². The van der Waals surface area contributed by atoms with Crippen LogP contribution in [0.3, 0.4) is 0 Å². The second-order valence-corrected chi connectivity index (χ2v) is 8.83. The summed E-state index contributed by atoms with van der Waals surface area (Å²) in [5.74, 6) is -0.474. The summed E-state index contributed by atoms with van der Waals surface area (Å²) < 4.78 is 15.0. The minimum absolute atomic E-state index is 0.173. The summed E-state index contributed by atoms with van der Waals surface area (Å²) in [4.78, 5) is 12.6. The molecular formula is C30H26FN5O. The van der Waals surface area contributed by atoms with Crippen LogP contribution in [0.1, 0.15) is 17.7 Å². The number of rotatable bonds is 8. The van der Waals surface area contributed by atoms with Crippen LogP contribution in [0.15, 0.2) is 103 Å². The van der Waals surface area contributed by atoms with Crippen LogP contribution in [0, 0.1) is 5.82 Å². The average Bonchev–Trinajstić information content (AvgIpc) is 3.37. The molecule has 0 saturated carbocycles. The zero-order chi connectivity index (χ0) is 25.6. The standard InChI is InChI=1S/C30H26FN5O/c31-26-12-9-23(10-13-26)25-11-15-28(32)29(18-25)33-30(37)16-14-27-20-36(35-34-27)19-21-5-4-8-24(17-21)22-6-2-1-3-7-22/h1-13,15,17-18,20H,14,16,19,32H2,(H,33,37). The third kappa shape index (κ3) is 6.08. The molecule has 1 amide bonds. The second kappa shape index (κ2) is 10.9. The lowest BCUT2D eigenvalue weighted by atomic mass is 10.0. The lowest BCUT2D eigenvalue weighted by Gasteiger charge is -2.10. The van der Waals surface area contributed by atoms with Gasteiger partial charge in [-0.2, -0.15) is 0 Å². The number of nitrogen functional groups attached to an aromatic ring is 1. The summed E-state index contributed by atoms with van der Waals surface area (Å²) >= 11 is 0. The number of anilines is 2. The van der Waals surface area contributed by atoms with Gasteiger partial charge in [0, 0.05) is 19.0 Å². The molecule has 0 unspecified atom stereocenters. The Morgan fingerprint density at radius 1 is 0.838 bits per heavy atom. The summed E-state index contributed by atoms with van der Waals surface area (Å²) in [7, 11) is 0. The summed E-state index contributed by atoms with van der Waals surface area (Å²) in [5, 5.41) is 11.3. The molecule has 37 heavy (non-hydrogen) atoms. The Bertz CT molecular complexity index is 1510. The second-order valence-electron chi connectivity index (χ2n) is 8.83. The number of hydrogen-bond acceptors (Lipinski definition) is 4. The quantitative estimate of drug-likeness (QED) is 0.263. The molecular weight excluding hydrogens is 465 g/mol. The minimum Gasteiger partial charge on any atom is -0.397 e. The smallest absolute Gasteiger partial charge is 0.224 e. The first-order valence-corrected chi connectivity index (χ1v) is 12.0. The Kier molecular flexibility index (Phi) is 7.03. The molecule has 6 nitrogen and oxygen atoms in total. The van der Waals surface area contributed by atoms with Crippen molar-refractivity contribution in [3.05, 3.63) is 120 Å². The maximum absolute atomic E-state index is 13.2. The van der Waals surface area contributed by atoms with Crippen LogP contribution < -0.4 is 11.1 Å². The van der Waals surface area contributed by atoms with Gasteiger partial charge in [0.05, 0.1) is 23.6 Å². The van der Waals surface area contributed by atoms with Gasteiger partial charge < -0.3 is 11.1 Å². The predicted molar refractivity (Wildman–Crippen MR) is 144 cm³/mol. The van der Waals surface area contributed by atoms with Gasteiger partial charge in [0.25, 0.3) is 0 Å². The van der Waals surface area contributed by atoms with E-state index in [1.54, 1.807) is 28.9 Å². The van der Waals surface area contributed by atoms with Crippen molar-refractivity contribution >= 4 is 17.3 Å². The SMILES string of the molecule is Nc1ccc(-c2ccc(F)cc2)cc1NC(=O)CCc1cn(Cc2cccc(-c3ccccc3)c2)nn1. The average molecular weight is 492 g/mol. The summed E-state index contributed by atoms with van der Waals surface area (Å²) in [6.45, 7) is 0.590. The van der Waals surface area contributed by atoms with Crippen LogP contribution in [0.25, 0.3) is 22.3 Å². The molecule has 5 aromatic rings. The molecule has 0 radical (unpaired) electrons. The molecule has 1 aromatic heterocycles. The van der Waals surface area contributed by atoms with Gasteiger partial charge in [0.1, 0.15) is 5.82 Å². The van der Waals surface area contributed by atoms with E-state index in [4.69, 9.17) is 5.73 Å². The van der Waals surface area contributed by atoms with E-state index in [9.17, 15) is 9.18 Å². The molecule has 0 spiro atoms. The van der Waals surface area contributed by atoms with Crippen LogP contribution in [0.2, 0.25) is 0 Å². The zero-order valence-corrected chi connectivity index (χ0v) is 20.1. The first-order valence-electron chi connectivity index (χ1n) is 12.0. The molecule has 5 rings (SSSR count). The highest BCUT2D eigenvalue weighted by Crippen LogP contribution is 2.28. The van der Waals surface area contributed by atoms with Gasteiger partial charge in [-0.05, 0) is 58.1 Å². The van der Waals surface area contributed by atoms with Crippen LogP contribution in [0.4, 0.5) is 15.8 Å². The molecule has 184 valence electrons. The number of carbonyl (C=O) groups excluding carboxylic acids is 1. The van der Waals surface area contributed by atoms with Crippen molar-refractivity contribution in [3.63, 3.8) is 0 Å². The van der Waals surface area contributed by atoms with Gasteiger partial charge in [-0.25, -0.2) is 9.07 Å². The lowest BCUT2D eigenvalue weighted by Crippen LogP contribution is -2.13. The van der Waals surface area contributed by atoms with Crippen molar-refractivity contribution in [2.24, 2.45) is 0 Å². The van der Waals surface area contributed by atoms with Crippen molar-refractivity contribution in [1.29, 1.82) is 0 Å². The number of nitrogens with two attached hydrogens (primary N) is 1. The lowest BCUT2D eigenvalue weighted by molar-refractivity contribution is -0.116. The summed E-state index contributed by atoms with van der Waals surface area (Å²) in [6, 6.07) is 30.1. The molecule has 0 atom stereocenters. The number of amides is 1. The number of nitrogens with one attached hydrogen (secondary N) is 1. The normalized spacial score (nSPS) is 10.8. The van der Waals surface area contributed by atoms with E-state index in [1.165, 1.54) is 17.7 Å². The zero-order valence-electron chi connectivity index (χ0n) is 20.1. The first kappa shape index (κ1) is 23.9. The van der Waals surface area contributed by atoms with E-state index < -0.39 is 0 Å². The van der Waals surface area contributed by atoms with Crippen molar-refractivity contribution in [2.75, 3.05) is 11.1 Å². The van der Waals surface area contributed by atoms with Crippen molar-refractivity contribution in [3.8, 4) is 22.3 Å². The van der Waals surface area contributed by atoms with E-state index in [2.05, 4.69) is 46.0 Å². The monoisotopic (exact) mass is 491 g/mol. The predicted octanol–water partition coefficient (Wildman–Crippen LogP) is 5.95. The fraction of sp³-hybridized carbons (Fsp3) is 0.100. The third-order valence-corrected chi connectivity index (χ3v) is 6.08. The number of aromatic nitrogens is 3. The van der Waals surface area contributed by atoms with Gasteiger partial charge in [-0.15, -0.1) is 5.10 Å². The molecule has 3 N–H and O–H groups in total. The maximum atomic E-state index is 13.2. The minimum atomic E-state index is -0.301. The molecule has 4 aromatic carbocycles. The highest BCUT2D eigenvalue weighted by Gasteiger charge is 2.10. The maximum Gasteiger partial charge on any atom is 0.224 e. The van der Waals surface area contributed by atoms with Gasteiger partial charge in [-0.3, -0.25) is 4.79 Å². The topological polar surface area (TPSA) is 85.8 Å². The summed E-state index contributed by atoms with van der Waals surface area (Å²) in [6.07, 6.45) is 2.56. The number of benzene rings is 4. The molecule has 0 fully saturated rings. The molecule has 0 aliphatic carbocycles. The number of hydrogen-bond donors (Lipinski definition) is 2. The summed E-state index contributed by atoms with van der Waals surface area (Å²) in [5.41, 5.74) is 12.9. The van der Waals surface area contributed by atoms with Crippen LogP contribution in [-0.2, 0) is 17.8 Å². The van der Waals surface area contributed by atoms with E-state index in [0.717, 1.165) is 27.9 Å². The molecule has 1 heterocycles. The van der Waals surface area contributed by atoms with Crippen molar-refractivity contribution < 1.29 is 9.18 Å². The van der Waals surface area contributed by atoms with Gasteiger partial charge in [0.15, 0.2) is 0 Å². The Labute approximate surface area is 214 Å². The molecule has 0 aliphatic rings. The van der Waals surface area contributed by atoms with Crippen molar-refractivity contribution in [2.45, 2.75) is 19.4 Å². The highest BCUT2D eigenvalue weighted by molar-refractivity contribution is 5.95.